The molecule has 0 spiro atoms. The molecule has 2 rings (SSSR count). The molecule has 0 atom stereocenters. The zero-order valence-corrected chi connectivity index (χ0v) is 13.6. The van der Waals surface area contributed by atoms with Gasteiger partial charge in [0.15, 0.2) is 0 Å². The molecule has 0 unspecified atom stereocenters. The van der Waals surface area contributed by atoms with Crippen LogP contribution >= 0.6 is 23.4 Å². The minimum absolute atomic E-state index is 0.0730. The first kappa shape index (κ1) is 16.0. The maximum Gasteiger partial charge on any atom is 0.257 e. The van der Waals surface area contributed by atoms with E-state index in [1.54, 1.807) is 34.9 Å². The van der Waals surface area contributed by atoms with Crippen LogP contribution < -0.4 is 4.74 Å². The molecule has 4 nitrogen and oxygen atoms in total. The number of amides is 1. The summed E-state index contributed by atoms with van der Waals surface area (Å²) in [6.45, 7) is 1.16. The van der Waals surface area contributed by atoms with Gasteiger partial charge < -0.3 is 9.64 Å². The summed E-state index contributed by atoms with van der Waals surface area (Å²) in [6, 6.07) is 7.39. The minimum Gasteiger partial charge on any atom is -0.496 e. The third-order valence-electron chi connectivity index (χ3n) is 3.85. The summed E-state index contributed by atoms with van der Waals surface area (Å²) in [6.07, 6.45) is 3.32. The van der Waals surface area contributed by atoms with Gasteiger partial charge in [0.25, 0.3) is 5.91 Å². The highest BCUT2D eigenvalue weighted by molar-refractivity contribution is 8.00. The summed E-state index contributed by atoms with van der Waals surface area (Å²) in [7, 11) is 1.52. The number of nitriles is 1. The van der Waals surface area contributed by atoms with Crippen molar-refractivity contribution >= 4 is 29.3 Å². The average molecular weight is 325 g/mol. The van der Waals surface area contributed by atoms with Crippen LogP contribution in [0.2, 0.25) is 5.02 Å². The summed E-state index contributed by atoms with van der Waals surface area (Å²) >= 11 is 7.49. The summed E-state index contributed by atoms with van der Waals surface area (Å²) in [5, 5.41) is 9.82. The van der Waals surface area contributed by atoms with Crippen molar-refractivity contribution in [2.75, 3.05) is 26.5 Å². The molecule has 1 aliphatic heterocycles. The molecular formula is C15H17ClN2O2S. The van der Waals surface area contributed by atoms with Crippen LogP contribution in [0.5, 0.6) is 5.75 Å². The second-order valence-electron chi connectivity index (χ2n) is 4.95. The smallest absolute Gasteiger partial charge is 0.257 e. The van der Waals surface area contributed by atoms with Crippen molar-refractivity contribution in [1.82, 2.24) is 4.90 Å². The molecule has 0 N–H and O–H groups in total. The maximum absolute atomic E-state index is 12.6. The van der Waals surface area contributed by atoms with Gasteiger partial charge in [0.1, 0.15) is 10.5 Å². The van der Waals surface area contributed by atoms with Crippen molar-refractivity contribution in [2.24, 2.45) is 0 Å². The van der Waals surface area contributed by atoms with Crippen molar-refractivity contribution in [3.05, 3.63) is 28.8 Å². The Bertz CT molecular complexity index is 578. The SMILES string of the molecule is COc1cc(Cl)ccc1C(=O)N1CCC(C#N)(SC)CC1. The van der Waals surface area contributed by atoms with Crippen molar-refractivity contribution in [3.8, 4) is 11.8 Å². The van der Waals surface area contributed by atoms with Gasteiger partial charge in [0.05, 0.1) is 18.7 Å². The number of halogens is 1. The number of nitrogens with zero attached hydrogens (tertiary/aromatic N) is 2. The van der Waals surface area contributed by atoms with Crippen LogP contribution in [0.25, 0.3) is 0 Å². The molecule has 0 aromatic heterocycles. The van der Waals surface area contributed by atoms with Crippen LogP contribution in [0.1, 0.15) is 23.2 Å². The largest absolute Gasteiger partial charge is 0.496 e. The van der Waals surface area contributed by atoms with E-state index in [2.05, 4.69) is 6.07 Å². The average Bonchev–Trinajstić information content (AvgIpc) is 2.54. The van der Waals surface area contributed by atoms with Gasteiger partial charge in [-0.05, 0) is 37.3 Å². The number of hydrogen-bond acceptors (Lipinski definition) is 4. The van der Waals surface area contributed by atoms with E-state index in [0.29, 0.717) is 42.3 Å². The number of carbonyl (C=O) groups is 1. The molecule has 0 bridgehead atoms. The molecule has 1 aliphatic rings. The normalized spacial score (nSPS) is 17.1. The highest BCUT2D eigenvalue weighted by Crippen LogP contribution is 2.35. The minimum atomic E-state index is -0.360. The molecule has 6 heteroatoms. The molecule has 0 saturated carbocycles. The first-order chi connectivity index (χ1) is 10.0. The fraction of sp³-hybridized carbons (Fsp3) is 0.467. The third kappa shape index (κ3) is 3.28. The Kier molecular flexibility index (Phi) is 5.02. The van der Waals surface area contributed by atoms with Gasteiger partial charge in [0.2, 0.25) is 0 Å². The Hall–Kier alpha value is -1.38. The molecule has 1 aromatic rings. The number of likely N-dealkylation sites (tertiary alicyclic amines) is 1. The standard InChI is InChI=1S/C15H17ClN2O2S/c1-20-13-9-11(16)3-4-12(13)14(19)18-7-5-15(10-17,21-2)6-8-18/h3-4,9H,5-8H2,1-2H3. The summed E-state index contributed by atoms with van der Waals surface area (Å²) in [5.41, 5.74) is 0.510. The molecule has 1 aromatic carbocycles. The quantitative estimate of drug-likeness (QED) is 0.856. The van der Waals surface area contributed by atoms with Gasteiger partial charge in [0, 0.05) is 18.1 Å². The first-order valence-electron chi connectivity index (χ1n) is 6.64. The van der Waals surface area contributed by atoms with E-state index >= 15 is 0 Å². The fourth-order valence-corrected chi connectivity index (χ4v) is 3.29. The maximum atomic E-state index is 12.6. The van der Waals surface area contributed by atoms with Crippen molar-refractivity contribution in [1.29, 1.82) is 5.26 Å². The van der Waals surface area contributed by atoms with Gasteiger partial charge in [-0.2, -0.15) is 5.26 Å². The second kappa shape index (κ2) is 6.59. The number of thioether (sulfide) groups is 1. The Morgan fingerprint density at radius 1 is 1.48 bits per heavy atom. The molecule has 1 fully saturated rings. The first-order valence-corrected chi connectivity index (χ1v) is 8.25. The van der Waals surface area contributed by atoms with Crippen LogP contribution in [0.3, 0.4) is 0 Å². The fourth-order valence-electron chi connectivity index (χ4n) is 2.44. The van der Waals surface area contributed by atoms with Gasteiger partial charge >= 0.3 is 0 Å². The van der Waals surface area contributed by atoms with E-state index in [9.17, 15) is 10.1 Å². The molecule has 0 radical (unpaired) electrons. The van der Waals surface area contributed by atoms with Crippen molar-refractivity contribution < 1.29 is 9.53 Å². The van der Waals surface area contributed by atoms with Crippen LogP contribution in [-0.2, 0) is 0 Å². The number of hydrogen-bond donors (Lipinski definition) is 0. The number of methoxy groups -OCH3 is 1. The van der Waals surface area contributed by atoms with Gasteiger partial charge in [-0.3, -0.25) is 4.79 Å². The van der Waals surface area contributed by atoms with Gasteiger partial charge in [-0.25, -0.2) is 0 Å². The lowest BCUT2D eigenvalue weighted by Crippen LogP contribution is -2.44. The summed E-state index contributed by atoms with van der Waals surface area (Å²) in [5.74, 6) is 0.408. The lowest BCUT2D eigenvalue weighted by molar-refractivity contribution is 0.0713. The van der Waals surface area contributed by atoms with Crippen LogP contribution in [-0.4, -0.2) is 42.0 Å². The molecule has 1 heterocycles. The highest BCUT2D eigenvalue weighted by atomic mass is 35.5. The Labute approximate surface area is 134 Å². The molecule has 1 amide bonds. The van der Waals surface area contributed by atoms with Crippen LogP contribution in [0, 0.1) is 11.3 Å². The molecule has 1 saturated heterocycles. The summed E-state index contributed by atoms with van der Waals surface area (Å²) < 4.78 is 4.87. The van der Waals surface area contributed by atoms with E-state index in [-0.39, 0.29) is 10.7 Å². The van der Waals surface area contributed by atoms with Crippen LogP contribution in [0.15, 0.2) is 18.2 Å². The van der Waals surface area contributed by atoms with E-state index in [4.69, 9.17) is 16.3 Å². The molecule has 21 heavy (non-hydrogen) atoms. The van der Waals surface area contributed by atoms with E-state index in [1.807, 2.05) is 6.26 Å². The molecular weight excluding hydrogens is 308 g/mol. The van der Waals surface area contributed by atoms with Gasteiger partial charge in [-0.15, -0.1) is 11.8 Å². The number of ether oxygens (including phenoxy) is 1. The lowest BCUT2D eigenvalue weighted by atomic mass is 9.96. The molecule has 112 valence electrons. The molecule has 0 aliphatic carbocycles. The number of piperidine rings is 1. The van der Waals surface area contributed by atoms with Gasteiger partial charge in [-0.1, -0.05) is 11.6 Å². The second-order valence-corrected chi connectivity index (χ2v) is 6.57. The third-order valence-corrected chi connectivity index (χ3v) is 5.36. The van der Waals surface area contributed by atoms with E-state index < -0.39 is 0 Å². The van der Waals surface area contributed by atoms with Crippen molar-refractivity contribution in [3.63, 3.8) is 0 Å². The predicted molar refractivity (Wildman–Crippen MR) is 85.0 cm³/mol. The number of benzene rings is 1. The zero-order chi connectivity index (χ0) is 15.5. The van der Waals surface area contributed by atoms with Crippen LogP contribution in [0.4, 0.5) is 0 Å². The topological polar surface area (TPSA) is 53.3 Å². The Morgan fingerprint density at radius 3 is 2.67 bits per heavy atom. The monoisotopic (exact) mass is 324 g/mol. The van der Waals surface area contributed by atoms with E-state index in [0.717, 1.165) is 0 Å². The highest BCUT2D eigenvalue weighted by Gasteiger charge is 2.36. The van der Waals surface area contributed by atoms with Crippen molar-refractivity contribution in [2.45, 2.75) is 17.6 Å². The number of carbonyl (C=O) groups excluding carboxylic acids is 1. The Morgan fingerprint density at radius 2 is 2.14 bits per heavy atom. The Balaban J connectivity index is 2.14. The predicted octanol–water partition coefficient (Wildman–Crippen LogP) is 3.21. The lowest BCUT2D eigenvalue weighted by Gasteiger charge is -2.36. The summed E-state index contributed by atoms with van der Waals surface area (Å²) in [4.78, 5) is 14.4. The number of rotatable bonds is 3. The van der Waals surface area contributed by atoms with E-state index in [1.165, 1.54) is 7.11 Å². The zero-order valence-electron chi connectivity index (χ0n) is 12.1.